The molecule has 2 unspecified atom stereocenters. The average molecular weight is 462 g/mol. The maximum atomic E-state index is 11.7. The van der Waals surface area contributed by atoms with E-state index in [1.165, 1.54) is 0 Å². The Kier molecular flexibility index (Phi) is 22.4. The summed E-state index contributed by atoms with van der Waals surface area (Å²) in [6.07, 6.45) is -0.486. The highest BCUT2D eigenvalue weighted by atomic mass is 31.2. The molecule has 0 aliphatic heterocycles. The van der Waals surface area contributed by atoms with Crippen molar-refractivity contribution < 1.29 is 51.7 Å². The van der Waals surface area contributed by atoms with E-state index in [1.807, 2.05) is 0 Å². The molecule has 0 spiro atoms. The lowest BCUT2D eigenvalue weighted by molar-refractivity contribution is -0.223. The molecule has 182 valence electrons. The van der Waals surface area contributed by atoms with Crippen molar-refractivity contribution in [3.63, 3.8) is 0 Å². The molecule has 0 rings (SSSR count). The number of amides is 1. The molecule has 0 aromatic carbocycles. The maximum Gasteiger partial charge on any atom is 0.407 e. The lowest BCUT2D eigenvalue weighted by Crippen LogP contribution is -2.33. The second-order valence-corrected chi connectivity index (χ2v) is 7.03. The second-order valence-electron chi connectivity index (χ2n) is 5.51. The molecule has 0 saturated heterocycles. The van der Waals surface area contributed by atoms with E-state index >= 15 is 0 Å². The molecule has 0 aromatic rings. The molecule has 12 nitrogen and oxygen atoms in total. The highest BCUT2D eigenvalue weighted by molar-refractivity contribution is 7.45. The van der Waals surface area contributed by atoms with Crippen LogP contribution in [0.4, 0.5) is 4.79 Å². The summed E-state index contributed by atoms with van der Waals surface area (Å²) in [7, 11) is -0.0611. The van der Waals surface area contributed by atoms with E-state index in [0.29, 0.717) is 46.0 Å². The third-order valence-electron chi connectivity index (χ3n) is 3.21. The summed E-state index contributed by atoms with van der Waals surface area (Å²) >= 11 is 0. The van der Waals surface area contributed by atoms with Crippen molar-refractivity contribution in [1.82, 2.24) is 5.32 Å². The molecule has 13 heteroatoms. The lowest BCUT2D eigenvalue weighted by atomic mass is 10.4. The van der Waals surface area contributed by atoms with Gasteiger partial charge in [0, 0.05) is 34.5 Å². The number of carbonyl (C=O) groups is 1. The number of nitrogens with one attached hydrogen (secondary N) is 1. The Morgan fingerprint density at radius 1 is 0.933 bits per heavy atom. The van der Waals surface area contributed by atoms with Gasteiger partial charge in [0.1, 0.15) is 12.7 Å². The molecule has 0 aliphatic carbocycles. The van der Waals surface area contributed by atoms with Gasteiger partial charge in [-0.15, -0.1) is 0 Å². The van der Waals surface area contributed by atoms with E-state index < -0.39 is 20.0 Å². The zero-order valence-corrected chi connectivity index (χ0v) is 18.2. The van der Waals surface area contributed by atoms with Crippen LogP contribution in [-0.4, -0.2) is 99.5 Å². The first-order valence-electron chi connectivity index (χ1n) is 9.12. The van der Waals surface area contributed by atoms with E-state index in [-0.39, 0.29) is 33.9 Å². The third-order valence-corrected chi connectivity index (χ3v) is 4.16. The maximum absolute atomic E-state index is 11.7. The summed E-state index contributed by atoms with van der Waals surface area (Å²) in [5, 5.41) is 2.58. The zero-order chi connectivity index (χ0) is 21.8. The average Bonchev–Trinajstić information content (AvgIpc) is 2.70. The molecule has 1 amide bonds. The van der Waals surface area contributed by atoms with Gasteiger partial charge in [0.25, 0.3) is 7.82 Å². The number of phosphoric ester groups is 1. The number of methoxy groups -OCH3 is 2. The summed E-state index contributed by atoms with van der Waals surface area (Å²) in [5.74, 6) is 0. The summed E-state index contributed by atoms with van der Waals surface area (Å²) in [5.41, 5.74) is 0. The topological polar surface area (TPSA) is 143 Å². The summed E-state index contributed by atoms with van der Waals surface area (Å²) in [6, 6.07) is 0. The van der Waals surface area contributed by atoms with E-state index in [1.54, 1.807) is 14.2 Å². The summed E-state index contributed by atoms with van der Waals surface area (Å²) in [6.45, 7) is 2.54. The van der Waals surface area contributed by atoms with Crippen molar-refractivity contribution in [1.29, 1.82) is 0 Å². The van der Waals surface area contributed by atoms with Gasteiger partial charge in [-0.05, 0) is 6.42 Å². The van der Waals surface area contributed by atoms with E-state index in [4.69, 9.17) is 28.4 Å². The van der Waals surface area contributed by atoms with Crippen LogP contribution in [-0.2, 0) is 42.0 Å². The number of phosphoric acid groups is 1. The van der Waals surface area contributed by atoms with Crippen LogP contribution in [0.2, 0.25) is 0 Å². The van der Waals surface area contributed by atoms with E-state index in [0.717, 1.165) is 7.11 Å². The molecule has 0 aliphatic rings. The Labute approximate surface area is 179 Å². The van der Waals surface area contributed by atoms with Crippen molar-refractivity contribution in [3.8, 4) is 0 Å². The fourth-order valence-corrected chi connectivity index (χ4v) is 2.15. The van der Waals surface area contributed by atoms with Gasteiger partial charge in [-0.1, -0.05) is 7.43 Å². The van der Waals surface area contributed by atoms with Gasteiger partial charge in [0.15, 0.2) is 0 Å². The minimum Gasteiger partial charge on any atom is -0.756 e. The van der Waals surface area contributed by atoms with Crippen molar-refractivity contribution >= 4 is 13.9 Å². The molecule has 0 radical (unpaired) electrons. The van der Waals surface area contributed by atoms with E-state index in [2.05, 4.69) is 14.4 Å². The van der Waals surface area contributed by atoms with Crippen LogP contribution >= 0.6 is 7.82 Å². The number of alkyl carbamates (subject to hydrolysis) is 1. The number of rotatable bonds is 20. The first-order chi connectivity index (χ1) is 13.9. The van der Waals surface area contributed by atoms with Crippen LogP contribution in [0, 0.1) is 0 Å². The minimum absolute atomic E-state index is 0. The van der Waals surface area contributed by atoms with Crippen molar-refractivity contribution in [3.05, 3.63) is 0 Å². The molecule has 0 saturated carbocycles. The molecular formula is C17H37NO11P-. The van der Waals surface area contributed by atoms with Crippen LogP contribution in [0.3, 0.4) is 0 Å². The van der Waals surface area contributed by atoms with Gasteiger partial charge in [0.2, 0.25) is 0 Å². The van der Waals surface area contributed by atoms with Crippen LogP contribution in [0.5, 0.6) is 0 Å². The van der Waals surface area contributed by atoms with Crippen molar-refractivity contribution in [2.24, 2.45) is 0 Å². The standard InChI is InChI=1S/C16H34NO11P.CH4/c1-21-7-9-25-13-15(26-11-8-22-2)14-27-16(18)17-5-4-6-24-10-12-28-29(19,20)23-3;/h15H,4-14H2,1-3H3,(H,17,18)(H,19,20);1H4/p-1. The normalized spacial score (nSPS) is 13.9. The Bertz CT molecular complexity index is 442. The number of hydrogen-bond donors (Lipinski definition) is 1. The highest BCUT2D eigenvalue weighted by Crippen LogP contribution is 2.36. The third kappa shape index (κ3) is 20.5. The van der Waals surface area contributed by atoms with Crippen LogP contribution in [0.15, 0.2) is 0 Å². The quantitative estimate of drug-likeness (QED) is 0.200. The summed E-state index contributed by atoms with van der Waals surface area (Å²) in [4.78, 5) is 22.6. The molecule has 2 atom stereocenters. The van der Waals surface area contributed by atoms with Gasteiger partial charge >= 0.3 is 6.09 Å². The van der Waals surface area contributed by atoms with Crippen LogP contribution in [0.1, 0.15) is 13.8 Å². The molecular weight excluding hydrogens is 425 g/mol. The number of carbonyl (C=O) groups excluding carboxylic acids is 1. The van der Waals surface area contributed by atoms with Crippen molar-refractivity contribution in [2.75, 3.05) is 87.3 Å². The fraction of sp³-hybridized carbons (Fsp3) is 0.941. The predicted molar refractivity (Wildman–Crippen MR) is 106 cm³/mol. The largest absolute Gasteiger partial charge is 0.756 e. The number of ether oxygens (including phenoxy) is 6. The van der Waals surface area contributed by atoms with Gasteiger partial charge in [-0.3, -0.25) is 4.57 Å². The molecule has 1 N–H and O–H groups in total. The Morgan fingerprint density at radius 2 is 1.60 bits per heavy atom. The SMILES string of the molecule is C.COCCOCC(COC(=O)NCCCOCCOP(=O)([O-])OC)OCCOC. The Hall–Kier alpha value is -0.820. The lowest BCUT2D eigenvalue weighted by Gasteiger charge is -2.19. The fourth-order valence-electron chi connectivity index (χ4n) is 1.75. The Morgan fingerprint density at radius 3 is 2.27 bits per heavy atom. The van der Waals surface area contributed by atoms with Crippen LogP contribution in [0.25, 0.3) is 0 Å². The molecule has 0 heterocycles. The minimum atomic E-state index is -4.22. The van der Waals surface area contributed by atoms with Crippen molar-refractivity contribution in [2.45, 2.75) is 20.0 Å². The van der Waals surface area contributed by atoms with Gasteiger partial charge in [0.05, 0.1) is 46.2 Å². The zero-order valence-electron chi connectivity index (χ0n) is 17.3. The Balaban J connectivity index is 0. The molecule has 0 aromatic heterocycles. The first kappa shape index (κ1) is 31.4. The highest BCUT2D eigenvalue weighted by Gasteiger charge is 2.13. The predicted octanol–water partition coefficient (Wildman–Crippen LogP) is 0.581. The molecule has 30 heavy (non-hydrogen) atoms. The van der Waals surface area contributed by atoms with Gasteiger partial charge in [-0.25, -0.2) is 4.79 Å². The molecule has 0 bridgehead atoms. The smallest absolute Gasteiger partial charge is 0.407 e. The second kappa shape index (κ2) is 21.4. The number of hydrogen-bond acceptors (Lipinski definition) is 11. The molecule has 0 fully saturated rings. The van der Waals surface area contributed by atoms with E-state index in [9.17, 15) is 14.3 Å². The van der Waals surface area contributed by atoms with Gasteiger partial charge in [-0.2, -0.15) is 0 Å². The van der Waals surface area contributed by atoms with Crippen LogP contribution < -0.4 is 10.2 Å². The summed E-state index contributed by atoms with van der Waals surface area (Å²) < 4.78 is 50.6. The first-order valence-corrected chi connectivity index (χ1v) is 10.6. The van der Waals surface area contributed by atoms with Gasteiger partial charge < -0.3 is 47.7 Å². The monoisotopic (exact) mass is 462 g/mol.